The molecule has 0 unspecified atom stereocenters. The van der Waals surface area contributed by atoms with Crippen LogP contribution < -0.4 is 15.8 Å². The summed E-state index contributed by atoms with van der Waals surface area (Å²) in [6.07, 6.45) is 0.688. The largest absolute Gasteiger partial charge is 0.491 e. The molecule has 6 rings (SSSR count). The summed E-state index contributed by atoms with van der Waals surface area (Å²) in [4.78, 5) is 0. The van der Waals surface area contributed by atoms with Crippen LogP contribution in [0.1, 0.15) is 23.9 Å². The molecule has 11 heteroatoms. The van der Waals surface area contributed by atoms with Crippen LogP contribution in [0.5, 0.6) is 5.75 Å². The summed E-state index contributed by atoms with van der Waals surface area (Å²) >= 11 is 7.70. The minimum absolute atomic E-state index is 0.0203. The van der Waals surface area contributed by atoms with Crippen LogP contribution in [0.2, 0.25) is 5.02 Å². The number of nitrogens with zero attached hydrogens (tertiary/aromatic N) is 4. The smallest absolute Gasteiger partial charge is 0.168 e. The Morgan fingerprint density at radius 2 is 2.12 bits per heavy atom. The van der Waals surface area contributed by atoms with Crippen molar-refractivity contribution in [2.45, 2.75) is 19.0 Å². The van der Waals surface area contributed by atoms with Crippen LogP contribution in [0.15, 0.2) is 18.2 Å². The molecule has 0 amide bonds. The molecule has 2 aromatic carbocycles. The number of thiophene rings is 1. The van der Waals surface area contributed by atoms with Gasteiger partial charge in [0.15, 0.2) is 5.82 Å². The molecule has 0 aliphatic carbocycles. The highest BCUT2D eigenvalue weighted by Crippen LogP contribution is 2.49. The molecule has 1 atom stereocenters. The highest BCUT2D eigenvalue weighted by molar-refractivity contribution is 7.23. The van der Waals surface area contributed by atoms with Gasteiger partial charge >= 0.3 is 0 Å². The van der Waals surface area contributed by atoms with Crippen molar-refractivity contribution in [1.29, 1.82) is 5.26 Å². The van der Waals surface area contributed by atoms with E-state index in [4.69, 9.17) is 22.1 Å². The average Bonchev–Trinajstić information content (AvgIpc) is 3.37. The zero-order valence-corrected chi connectivity index (χ0v) is 18.5. The Kier molecular flexibility index (Phi) is 4.55. The fourth-order valence-corrected chi connectivity index (χ4v) is 5.94. The van der Waals surface area contributed by atoms with Gasteiger partial charge in [0.2, 0.25) is 0 Å². The van der Waals surface area contributed by atoms with Crippen LogP contribution in [0, 0.1) is 23.0 Å². The van der Waals surface area contributed by atoms with E-state index in [1.807, 2.05) is 10.6 Å². The molecule has 166 valence electrons. The molecule has 7 nitrogen and oxygen atoms in total. The Hall–Kier alpha value is -3.26. The Morgan fingerprint density at radius 3 is 2.94 bits per heavy atom. The first-order valence-electron chi connectivity index (χ1n) is 10.2. The van der Waals surface area contributed by atoms with Crippen LogP contribution in [0.3, 0.4) is 0 Å². The fourth-order valence-electron chi connectivity index (χ4n) is 4.65. The quantitative estimate of drug-likeness (QED) is 0.408. The summed E-state index contributed by atoms with van der Waals surface area (Å²) < 4.78 is 38.4. The predicted octanol–water partition coefficient (Wildman–Crippen LogP) is 4.64. The number of nitrogens with one attached hydrogen (secondary N) is 1. The molecule has 0 saturated carbocycles. The summed E-state index contributed by atoms with van der Waals surface area (Å²) in [6, 6.07) is 6.02. The van der Waals surface area contributed by atoms with E-state index >= 15 is 4.39 Å². The Balaban J connectivity index is 1.64. The third-order valence-electron chi connectivity index (χ3n) is 6.11. The summed E-state index contributed by atoms with van der Waals surface area (Å²) in [5.74, 6) is 0.343. The minimum atomic E-state index is -0.646. The summed E-state index contributed by atoms with van der Waals surface area (Å²) in [5.41, 5.74) is 6.73. The lowest BCUT2D eigenvalue weighted by Crippen LogP contribution is -2.35. The molecular weight excluding hydrogens is 470 g/mol. The number of aromatic nitrogens is 3. The van der Waals surface area contributed by atoms with E-state index < -0.39 is 11.6 Å². The van der Waals surface area contributed by atoms with E-state index in [2.05, 4.69) is 15.5 Å². The molecule has 0 radical (unpaired) electrons. The van der Waals surface area contributed by atoms with Crippen molar-refractivity contribution in [3.8, 4) is 34.3 Å². The second-order valence-electron chi connectivity index (χ2n) is 7.91. The molecule has 3 N–H and O–H groups in total. The van der Waals surface area contributed by atoms with Crippen molar-refractivity contribution < 1.29 is 13.5 Å². The molecule has 2 aromatic heterocycles. The van der Waals surface area contributed by atoms with E-state index in [1.165, 1.54) is 18.2 Å². The summed E-state index contributed by atoms with van der Waals surface area (Å²) in [6.45, 7) is 1.65. The Labute approximate surface area is 195 Å². The van der Waals surface area contributed by atoms with E-state index in [1.54, 1.807) is 0 Å². The number of ether oxygens (including phenoxy) is 1. The highest BCUT2D eigenvalue weighted by Gasteiger charge is 2.32. The van der Waals surface area contributed by atoms with Crippen molar-refractivity contribution in [3.63, 3.8) is 0 Å². The number of rotatable bonds is 1. The van der Waals surface area contributed by atoms with Crippen LogP contribution in [-0.4, -0.2) is 27.9 Å². The van der Waals surface area contributed by atoms with Crippen LogP contribution in [0.4, 0.5) is 13.8 Å². The zero-order valence-electron chi connectivity index (χ0n) is 17.0. The topological polar surface area (TPSA) is 102 Å². The monoisotopic (exact) mass is 484 g/mol. The Morgan fingerprint density at radius 1 is 1.27 bits per heavy atom. The van der Waals surface area contributed by atoms with Gasteiger partial charge in [-0.2, -0.15) is 5.26 Å². The number of benzene rings is 2. The maximum absolute atomic E-state index is 15.7. The molecule has 2 aliphatic rings. The number of hydrogen-bond acceptors (Lipinski definition) is 7. The third-order valence-corrected chi connectivity index (χ3v) is 7.49. The molecule has 33 heavy (non-hydrogen) atoms. The molecule has 0 fully saturated rings. The lowest BCUT2D eigenvalue weighted by atomic mass is 9.96. The second-order valence-corrected chi connectivity index (χ2v) is 9.34. The number of hydrogen-bond donors (Lipinski definition) is 2. The fraction of sp³-hybridized carbons (Fsp3) is 0.227. The van der Waals surface area contributed by atoms with Gasteiger partial charge in [-0.15, -0.1) is 21.5 Å². The first-order chi connectivity index (χ1) is 16.0. The summed E-state index contributed by atoms with van der Waals surface area (Å²) in [7, 11) is 0. The first kappa shape index (κ1) is 20.4. The van der Waals surface area contributed by atoms with Crippen molar-refractivity contribution in [2.24, 2.45) is 0 Å². The lowest BCUT2D eigenvalue weighted by Gasteiger charge is -2.29. The molecular formula is C22H15ClF2N6OS. The van der Waals surface area contributed by atoms with Crippen LogP contribution in [0.25, 0.3) is 32.6 Å². The van der Waals surface area contributed by atoms with Crippen LogP contribution in [-0.2, 0) is 6.54 Å². The van der Waals surface area contributed by atoms with Gasteiger partial charge in [0, 0.05) is 23.9 Å². The van der Waals surface area contributed by atoms with Gasteiger partial charge in [-0.1, -0.05) is 17.7 Å². The maximum Gasteiger partial charge on any atom is 0.168 e. The first-order valence-corrected chi connectivity index (χ1v) is 11.4. The maximum atomic E-state index is 15.7. The second kappa shape index (κ2) is 7.38. The standard InChI is InChI=1S/C22H15ClF2N6OS/c23-18-17(10-1-2-13(24)20-16(10)12(6-26)21(27)33-20)14(25)5-11-19(18)32-4-3-9-7-28-8-15-29-30-22(11)31(9)15/h1-2,5,9,28H,3-4,7-8,27H2/t9-/m1/s1. The van der Waals surface area contributed by atoms with E-state index in [0.29, 0.717) is 31.0 Å². The predicted molar refractivity (Wildman–Crippen MR) is 121 cm³/mol. The molecule has 0 bridgehead atoms. The van der Waals surface area contributed by atoms with Crippen molar-refractivity contribution in [1.82, 2.24) is 20.1 Å². The van der Waals surface area contributed by atoms with Gasteiger partial charge in [0.05, 0.1) is 40.0 Å². The van der Waals surface area contributed by atoms with Crippen molar-refractivity contribution >= 4 is 38.0 Å². The number of nitriles is 1. The highest BCUT2D eigenvalue weighted by atomic mass is 35.5. The third kappa shape index (κ3) is 2.86. The van der Waals surface area contributed by atoms with Gasteiger partial charge in [0.1, 0.15) is 34.3 Å². The number of halogens is 3. The van der Waals surface area contributed by atoms with Gasteiger partial charge in [-0.05, 0) is 17.7 Å². The molecule has 2 aliphatic heterocycles. The van der Waals surface area contributed by atoms with Gasteiger partial charge in [0.25, 0.3) is 0 Å². The lowest BCUT2D eigenvalue weighted by molar-refractivity contribution is 0.258. The molecule has 4 aromatic rings. The van der Waals surface area contributed by atoms with Crippen molar-refractivity contribution in [3.05, 3.63) is 46.2 Å². The van der Waals surface area contributed by atoms with Crippen molar-refractivity contribution in [2.75, 3.05) is 18.9 Å². The number of fused-ring (bicyclic) bond motifs is 3. The van der Waals surface area contributed by atoms with E-state index in [-0.39, 0.29) is 48.6 Å². The van der Waals surface area contributed by atoms with E-state index in [9.17, 15) is 9.65 Å². The minimum Gasteiger partial charge on any atom is -0.491 e. The average molecular weight is 485 g/mol. The van der Waals surface area contributed by atoms with E-state index in [0.717, 1.165) is 23.7 Å². The SMILES string of the molecule is N#Cc1c(N)sc2c(F)ccc(-c3c(F)cc4c(c3Cl)OCC[C@@H]3CNCc5nnc-4n53)c12. The molecule has 4 heterocycles. The molecule has 0 saturated heterocycles. The van der Waals surface area contributed by atoms with Crippen LogP contribution >= 0.6 is 22.9 Å². The molecule has 0 spiro atoms. The van der Waals surface area contributed by atoms with Gasteiger partial charge in [-0.3, -0.25) is 0 Å². The zero-order chi connectivity index (χ0) is 22.9. The normalized spacial score (nSPS) is 17.0. The van der Waals surface area contributed by atoms with Gasteiger partial charge < -0.3 is 20.4 Å². The Bertz CT molecular complexity index is 1510. The summed E-state index contributed by atoms with van der Waals surface area (Å²) in [5, 5.41) is 21.9. The number of nitrogens with two attached hydrogens (primary N) is 1. The number of anilines is 1. The number of nitrogen functional groups attached to an aromatic ring is 1. The van der Waals surface area contributed by atoms with Gasteiger partial charge in [-0.25, -0.2) is 8.78 Å².